The summed E-state index contributed by atoms with van der Waals surface area (Å²) < 4.78 is 2.31. The molecule has 0 radical (unpaired) electrons. The van der Waals surface area contributed by atoms with Gasteiger partial charge in [-0.15, -0.1) is 0 Å². The number of hydrogen-bond acceptors (Lipinski definition) is 2. The lowest BCUT2D eigenvalue weighted by atomic mass is 9.88. The molecule has 1 aromatic heterocycles. The van der Waals surface area contributed by atoms with Crippen molar-refractivity contribution in [2.24, 2.45) is 0 Å². The first-order chi connectivity index (χ1) is 13.8. The van der Waals surface area contributed by atoms with E-state index in [2.05, 4.69) is 22.8 Å². The number of imidazole rings is 1. The molecule has 1 amide bonds. The number of aryl methyl sites for hydroxylation is 1. The van der Waals surface area contributed by atoms with Crippen LogP contribution in [0.3, 0.4) is 0 Å². The Hall–Kier alpha value is -2.62. The molecule has 146 valence electrons. The van der Waals surface area contributed by atoms with Gasteiger partial charge in [0.15, 0.2) is 0 Å². The molecular weight excluding hydrogens is 346 g/mol. The molecule has 4 rings (SSSR count). The number of nitrogens with zero attached hydrogens (tertiary/aromatic N) is 3. The second-order valence-corrected chi connectivity index (χ2v) is 7.67. The lowest BCUT2D eigenvalue weighted by molar-refractivity contribution is -0.118. The van der Waals surface area contributed by atoms with Crippen molar-refractivity contribution >= 4 is 22.6 Å². The second-order valence-electron chi connectivity index (χ2n) is 7.67. The minimum atomic E-state index is 0.168. The number of aromatic nitrogens is 2. The lowest BCUT2D eigenvalue weighted by Crippen LogP contribution is -2.31. The number of para-hydroxylation sites is 3. The largest absolute Gasteiger partial charge is 0.327 e. The summed E-state index contributed by atoms with van der Waals surface area (Å²) in [7, 11) is 0. The number of carbonyl (C=O) groups excluding carboxylic acids is 1. The van der Waals surface area contributed by atoms with Crippen LogP contribution in [0.25, 0.3) is 11.0 Å². The Balaban J connectivity index is 1.57. The molecular formula is C24H29N3O. The Labute approximate surface area is 167 Å². The summed E-state index contributed by atoms with van der Waals surface area (Å²) in [5, 5.41) is 0. The number of amides is 1. The fraction of sp³-hybridized carbons (Fsp3) is 0.417. The third kappa shape index (κ3) is 3.82. The fourth-order valence-corrected chi connectivity index (χ4v) is 4.45. The molecule has 1 heterocycles. The third-order valence-electron chi connectivity index (χ3n) is 5.89. The highest BCUT2D eigenvalue weighted by atomic mass is 16.2. The van der Waals surface area contributed by atoms with Gasteiger partial charge in [-0.25, -0.2) is 4.98 Å². The van der Waals surface area contributed by atoms with Gasteiger partial charge in [0.1, 0.15) is 5.82 Å². The number of fused-ring (bicyclic) bond motifs is 1. The average Bonchev–Trinajstić information content (AvgIpc) is 3.13. The lowest BCUT2D eigenvalue weighted by Gasteiger charge is -2.24. The third-order valence-corrected chi connectivity index (χ3v) is 5.89. The molecule has 0 saturated heterocycles. The molecule has 3 aromatic rings. The van der Waals surface area contributed by atoms with E-state index in [1.807, 2.05) is 48.2 Å². The van der Waals surface area contributed by atoms with Crippen LogP contribution in [-0.4, -0.2) is 22.0 Å². The second kappa shape index (κ2) is 8.59. The summed E-state index contributed by atoms with van der Waals surface area (Å²) in [6.45, 7) is 3.41. The Morgan fingerprint density at radius 1 is 1.04 bits per heavy atom. The molecule has 1 aliphatic rings. The number of carbonyl (C=O) groups is 1. The molecule has 1 fully saturated rings. The van der Waals surface area contributed by atoms with Gasteiger partial charge in [-0.05, 0) is 44.0 Å². The van der Waals surface area contributed by atoms with Crippen LogP contribution in [0.5, 0.6) is 0 Å². The maximum atomic E-state index is 13.0. The monoisotopic (exact) mass is 375 g/mol. The SMILES string of the molecule is CCN(C(=O)CCn1c(C2CCCCC2)nc2ccccc21)c1ccccc1. The zero-order chi connectivity index (χ0) is 19.3. The molecule has 4 heteroatoms. The number of benzene rings is 2. The smallest absolute Gasteiger partial charge is 0.228 e. The summed E-state index contributed by atoms with van der Waals surface area (Å²) in [5.41, 5.74) is 3.17. The number of rotatable bonds is 6. The molecule has 1 aliphatic carbocycles. The summed E-state index contributed by atoms with van der Waals surface area (Å²) >= 11 is 0. The molecule has 2 aromatic carbocycles. The first kappa shape index (κ1) is 18.7. The highest BCUT2D eigenvalue weighted by molar-refractivity contribution is 5.93. The summed E-state index contributed by atoms with van der Waals surface area (Å²) in [6, 6.07) is 18.3. The zero-order valence-corrected chi connectivity index (χ0v) is 16.7. The first-order valence-corrected chi connectivity index (χ1v) is 10.6. The van der Waals surface area contributed by atoms with E-state index < -0.39 is 0 Å². The van der Waals surface area contributed by atoms with Crippen LogP contribution in [0.15, 0.2) is 54.6 Å². The van der Waals surface area contributed by atoms with E-state index in [0.29, 0.717) is 25.4 Å². The predicted octanol–water partition coefficient (Wildman–Crippen LogP) is 5.53. The van der Waals surface area contributed by atoms with Gasteiger partial charge in [-0.1, -0.05) is 49.6 Å². The molecule has 0 N–H and O–H groups in total. The van der Waals surface area contributed by atoms with Crippen LogP contribution in [-0.2, 0) is 11.3 Å². The summed E-state index contributed by atoms with van der Waals surface area (Å²) in [4.78, 5) is 19.8. The normalized spacial score (nSPS) is 15.0. The van der Waals surface area contributed by atoms with Gasteiger partial charge in [0.2, 0.25) is 5.91 Å². The molecule has 0 unspecified atom stereocenters. The van der Waals surface area contributed by atoms with Crippen molar-refractivity contribution in [3.63, 3.8) is 0 Å². The van der Waals surface area contributed by atoms with E-state index in [1.165, 1.54) is 37.9 Å². The van der Waals surface area contributed by atoms with Crippen molar-refractivity contribution in [3.8, 4) is 0 Å². The highest BCUT2D eigenvalue weighted by Gasteiger charge is 2.23. The van der Waals surface area contributed by atoms with Crippen LogP contribution in [0.2, 0.25) is 0 Å². The highest BCUT2D eigenvalue weighted by Crippen LogP contribution is 2.34. The van der Waals surface area contributed by atoms with Gasteiger partial charge in [-0.3, -0.25) is 4.79 Å². The Kier molecular flexibility index (Phi) is 5.75. The average molecular weight is 376 g/mol. The molecule has 28 heavy (non-hydrogen) atoms. The van der Waals surface area contributed by atoms with Gasteiger partial charge < -0.3 is 9.47 Å². The number of hydrogen-bond donors (Lipinski definition) is 0. The van der Waals surface area contributed by atoms with Crippen LogP contribution >= 0.6 is 0 Å². The molecule has 4 nitrogen and oxygen atoms in total. The topological polar surface area (TPSA) is 38.1 Å². The Morgan fingerprint density at radius 3 is 2.50 bits per heavy atom. The number of anilines is 1. The quantitative estimate of drug-likeness (QED) is 0.568. The first-order valence-electron chi connectivity index (χ1n) is 10.6. The van der Waals surface area contributed by atoms with Crippen LogP contribution in [0.4, 0.5) is 5.69 Å². The molecule has 1 saturated carbocycles. The Bertz CT molecular complexity index is 925. The maximum absolute atomic E-state index is 13.0. The van der Waals surface area contributed by atoms with Crippen LogP contribution in [0, 0.1) is 0 Å². The van der Waals surface area contributed by atoms with E-state index >= 15 is 0 Å². The van der Waals surface area contributed by atoms with Crippen molar-refractivity contribution in [1.29, 1.82) is 0 Å². The van der Waals surface area contributed by atoms with Gasteiger partial charge >= 0.3 is 0 Å². The van der Waals surface area contributed by atoms with Crippen molar-refractivity contribution in [2.45, 2.75) is 57.9 Å². The minimum Gasteiger partial charge on any atom is -0.327 e. The van der Waals surface area contributed by atoms with E-state index in [1.54, 1.807) is 0 Å². The zero-order valence-electron chi connectivity index (χ0n) is 16.7. The fourth-order valence-electron chi connectivity index (χ4n) is 4.45. The molecule has 0 spiro atoms. The molecule has 0 atom stereocenters. The van der Waals surface area contributed by atoms with Crippen LogP contribution < -0.4 is 4.90 Å². The molecule has 0 aliphatic heterocycles. The van der Waals surface area contributed by atoms with Gasteiger partial charge in [-0.2, -0.15) is 0 Å². The van der Waals surface area contributed by atoms with Crippen molar-refractivity contribution < 1.29 is 4.79 Å². The van der Waals surface area contributed by atoms with Gasteiger partial charge in [0, 0.05) is 31.1 Å². The summed E-state index contributed by atoms with van der Waals surface area (Å²) in [5.74, 6) is 1.87. The van der Waals surface area contributed by atoms with E-state index in [9.17, 15) is 4.79 Å². The van der Waals surface area contributed by atoms with E-state index in [-0.39, 0.29) is 5.91 Å². The van der Waals surface area contributed by atoms with Crippen LogP contribution in [0.1, 0.15) is 57.2 Å². The van der Waals surface area contributed by atoms with Crippen molar-refractivity contribution in [3.05, 3.63) is 60.4 Å². The van der Waals surface area contributed by atoms with Crippen molar-refractivity contribution in [1.82, 2.24) is 9.55 Å². The Morgan fingerprint density at radius 2 is 1.75 bits per heavy atom. The van der Waals surface area contributed by atoms with Gasteiger partial charge in [0.05, 0.1) is 11.0 Å². The van der Waals surface area contributed by atoms with Crippen molar-refractivity contribution in [2.75, 3.05) is 11.4 Å². The van der Waals surface area contributed by atoms with E-state index in [0.717, 1.165) is 16.7 Å². The predicted molar refractivity (Wildman–Crippen MR) is 115 cm³/mol. The minimum absolute atomic E-state index is 0.168. The maximum Gasteiger partial charge on any atom is 0.228 e. The standard InChI is InChI=1S/C24H29N3O/c1-2-26(20-13-7-4-8-14-20)23(28)17-18-27-22-16-10-9-15-21(22)25-24(27)19-11-5-3-6-12-19/h4,7-10,13-16,19H,2-3,5-6,11-12,17-18H2,1H3. The van der Waals surface area contributed by atoms with Gasteiger partial charge in [0.25, 0.3) is 0 Å². The molecule has 0 bridgehead atoms. The summed E-state index contributed by atoms with van der Waals surface area (Å²) in [6.07, 6.45) is 6.81. The van der Waals surface area contributed by atoms with E-state index in [4.69, 9.17) is 4.98 Å².